The number of hydrogen-bond donors (Lipinski definition) is 1. The number of rotatable bonds is 3. The van der Waals surface area contributed by atoms with Crippen LogP contribution in [0.5, 0.6) is 0 Å². The summed E-state index contributed by atoms with van der Waals surface area (Å²) in [6.45, 7) is 0. The van der Waals surface area contributed by atoms with E-state index in [1.54, 1.807) is 30.6 Å². The summed E-state index contributed by atoms with van der Waals surface area (Å²) in [5.74, 6) is 0.748. The molecule has 0 saturated carbocycles. The molecule has 0 aliphatic heterocycles. The van der Waals surface area contributed by atoms with E-state index in [2.05, 4.69) is 9.97 Å². The fourth-order valence-corrected chi connectivity index (χ4v) is 1.25. The molecule has 0 fully saturated rings. The van der Waals surface area contributed by atoms with Gasteiger partial charge in [0.1, 0.15) is 5.82 Å². The molecular weight excluding hydrogens is 206 g/mol. The smallest absolute Gasteiger partial charge is 0.269 e. The first kappa shape index (κ1) is 10.1. The van der Waals surface area contributed by atoms with Crippen molar-refractivity contribution >= 4 is 17.8 Å². The second-order valence-electron chi connectivity index (χ2n) is 3.16. The maximum atomic E-state index is 10.4. The average Bonchev–Trinajstić information content (AvgIpc) is 2.80. The standard InChI is InChI=1S/C11H9N3O2/c15-14(16)10-4-1-9(2-5-10)3-6-11-12-7-8-13-11/h1-8H,(H,12,13)/b6-3+. The van der Waals surface area contributed by atoms with Crippen molar-refractivity contribution in [3.63, 3.8) is 0 Å². The van der Waals surface area contributed by atoms with Gasteiger partial charge in [-0.05, 0) is 23.8 Å². The molecule has 0 saturated heterocycles. The number of nitrogens with one attached hydrogen (secondary N) is 1. The highest BCUT2D eigenvalue weighted by Crippen LogP contribution is 2.13. The Morgan fingerprint density at radius 3 is 2.56 bits per heavy atom. The lowest BCUT2D eigenvalue weighted by molar-refractivity contribution is -0.384. The van der Waals surface area contributed by atoms with Gasteiger partial charge in [-0.25, -0.2) is 4.98 Å². The van der Waals surface area contributed by atoms with E-state index in [0.717, 1.165) is 11.4 Å². The summed E-state index contributed by atoms with van der Waals surface area (Å²) < 4.78 is 0. The van der Waals surface area contributed by atoms with Gasteiger partial charge in [-0.2, -0.15) is 0 Å². The molecule has 0 bridgehead atoms. The van der Waals surface area contributed by atoms with Crippen LogP contribution in [0.4, 0.5) is 5.69 Å². The summed E-state index contributed by atoms with van der Waals surface area (Å²) in [7, 11) is 0. The summed E-state index contributed by atoms with van der Waals surface area (Å²) in [4.78, 5) is 17.0. The first-order chi connectivity index (χ1) is 7.75. The average molecular weight is 215 g/mol. The van der Waals surface area contributed by atoms with Crippen molar-refractivity contribution in [3.05, 3.63) is 58.2 Å². The van der Waals surface area contributed by atoms with Gasteiger partial charge in [-0.3, -0.25) is 10.1 Å². The second-order valence-corrected chi connectivity index (χ2v) is 3.16. The summed E-state index contributed by atoms with van der Waals surface area (Å²) in [6, 6.07) is 6.33. The SMILES string of the molecule is O=[N+]([O-])c1ccc(/C=C/c2ncc[nH]2)cc1. The van der Waals surface area contributed by atoms with Crippen molar-refractivity contribution in [2.24, 2.45) is 0 Å². The molecule has 1 heterocycles. The molecule has 0 unspecified atom stereocenters. The fraction of sp³-hybridized carbons (Fsp3) is 0. The van der Waals surface area contributed by atoms with E-state index >= 15 is 0 Å². The lowest BCUT2D eigenvalue weighted by Crippen LogP contribution is -1.86. The van der Waals surface area contributed by atoms with Gasteiger partial charge in [-0.1, -0.05) is 6.08 Å². The number of imidazole rings is 1. The number of aromatic nitrogens is 2. The highest BCUT2D eigenvalue weighted by Gasteiger charge is 2.01. The van der Waals surface area contributed by atoms with Crippen LogP contribution in [0.25, 0.3) is 12.2 Å². The minimum Gasteiger partial charge on any atom is -0.345 e. The predicted octanol–water partition coefficient (Wildman–Crippen LogP) is 2.49. The number of aromatic amines is 1. The number of nitrogens with zero attached hydrogens (tertiary/aromatic N) is 2. The molecule has 2 rings (SSSR count). The summed E-state index contributed by atoms with van der Waals surface area (Å²) in [6.07, 6.45) is 7.04. The van der Waals surface area contributed by atoms with Gasteiger partial charge in [0.25, 0.3) is 5.69 Å². The third kappa shape index (κ3) is 2.33. The summed E-state index contributed by atoms with van der Waals surface area (Å²) in [5.41, 5.74) is 0.983. The van der Waals surface area contributed by atoms with Crippen molar-refractivity contribution in [1.29, 1.82) is 0 Å². The van der Waals surface area contributed by atoms with Gasteiger partial charge in [0.2, 0.25) is 0 Å². The van der Waals surface area contributed by atoms with Gasteiger partial charge in [0.05, 0.1) is 4.92 Å². The Morgan fingerprint density at radius 2 is 2.00 bits per heavy atom. The van der Waals surface area contributed by atoms with Gasteiger partial charge in [0.15, 0.2) is 0 Å². The number of non-ortho nitro benzene ring substituents is 1. The summed E-state index contributed by atoms with van der Waals surface area (Å²) in [5, 5.41) is 10.4. The Balaban J connectivity index is 2.14. The van der Waals surface area contributed by atoms with E-state index in [0.29, 0.717) is 0 Å². The van der Waals surface area contributed by atoms with Crippen LogP contribution in [0.15, 0.2) is 36.7 Å². The minimum absolute atomic E-state index is 0.0927. The first-order valence-corrected chi connectivity index (χ1v) is 4.67. The third-order valence-electron chi connectivity index (χ3n) is 2.06. The number of hydrogen-bond acceptors (Lipinski definition) is 3. The van der Waals surface area contributed by atoms with Crippen LogP contribution >= 0.6 is 0 Å². The Labute approximate surface area is 91.6 Å². The van der Waals surface area contributed by atoms with Gasteiger partial charge in [-0.15, -0.1) is 0 Å². The topological polar surface area (TPSA) is 71.8 Å². The monoisotopic (exact) mass is 215 g/mol. The van der Waals surface area contributed by atoms with Crippen molar-refractivity contribution in [2.45, 2.75) is 0 Å². The Bertz CT molecular complexity index is 501. The normalized spacial score (nSPS) is 10.8. The second kappa shape index (κ2) is 4.39. The van der Waals surface area contributed by atoms with E-state index in [1.807, 2.05) is 6.08 Å². The molecule has 0 radical (unpaired) electrons. The highest BCUT2D eigenvalue weighted by atomic mass is 16.6. The Morgan fingerprint density at radius 1 is 1.25 bits per heavy atom. The van der Waals surface area contributed by atoms with Gasteiger partial charge < -0.3 is 4.98 Å². The van der Waals surface area contributed by atoms with E-state index in [4.69, 9.17) is 0 Å². The maximum Gasteiger partial charge on any atom is 0.269 e. The maximum absolute atomic E-state index is 10.4. The molecule has 1 aromatic heterocycles. The molecule has 0 aliphatic rings. The zero-order valence-corrected chi connectivity index (χ0v) is 8.33. The van der Waals surface area contributed by atoms with E-state index in [9.17, 15) is 10.1 Å². The zero-order chi connectivity index (χ0) is 11.4. The van der Waals surface area contributed by atoms with Crippen LogP contribution in [0.1, 0.15) is 11.4 Å². The molecule has 2 aromatic rings. The van der Waals surface area contributed by atoms with Crippen LogP contribution in [0.2, 0.25) is 0 Å². The Kier molecular flexibility index (Phi) is 2.77. The molecule has 16 heavy (non-hydrogen) atoms. The number of benzene rings is 1. The van der Waals surface area contributed by atoms with Crippen molar-refractivity contribution in [2.75, 3.05) is 0 Å². The van der Waals surface area contributed by atoms with Crippen LogP contribution in [-0.4, -0.2) is 14.9 Å². The molecule has 0 atom stereocenters. The quantitative estimate of drug-likeness (QED) is 0.631. The minimum atomic E-state index is -0.417. The van der Waals surface area contributed by atoms with Gasteiger partial charge in [0, 0.05) is 24.5 Å². The lowest BCUT2D eigenvalue weighted by atomic mass is 10.2. The van der Waals surface area contributed by atoms with Crippen LogP contribution in [0.3, 0.4) is 0 Å². The van der Waals surface area contributed by atoms with Crippen LogP contribution in [0, 0.1) is 10.1 Å². The lowest BCUT2D eigenvalue weighted by Gasteiger charge is -1.93. The number of H-pyrrole nitrogens is 1. The van der Waals surface area contributed by atoms with Crippen molar-refractivity contribution in [1.82, 2.24) is 9.97 Å². The van der Waals surface area contributed by atoms with E-state index < -0.39 is 4.92 Å². The molecule has 80 valence electrons. The van der Waals surface area contributed by atoms with E-state index in [-0.39, 0.29) is 5.69 Å². The Hall–Kier alpha value is -2.43. The highest BCUT2D eigenvalue weighted by molar-refractivity contribution is 5.67. The molecule has 5 nitrogen and oxygen atoms in total. The largest absolute Gasteiger partial charge is 0.345 e. The predicted molar refractivity (Wildman–Crippen MR) is 60.6 cm³/mol. The van der Waals surface area contributed by atoms with Crippen LogP contribution < -0.4 is 0 Å². The van der Waals surface area contributed by atoms with Crippen molar-refractivity contribution < 1.29 is 4.92 Å². The molecule has 1 aromatic carbocycles. The molecular formula is C11H9N3O2. The number of nitro groups is 1. The molecule has 1 N–H and O–H groups in total. The van der Waals surface area contributed by atoms with Gasteiger partial charge >= 0.3 is 0 Å². The first-order valence-electron chi connectivity index (χ1n) is 4.67. The molecule has 0 spiro atoms. The zero-order valence-electron chi connectivity index (χ0n) is 8.33. The van der Waals surface area contributed by atoms with E-state index in [1.165, 1.54) is 12.1 Å². The summed E-state index contributed by atoms with van der Waals surface area (Å²) >= 11 is 0. The molecule has 5 heteroatoms. The molecule has 0 amide bonds. The molecule has 0 aliphatic carbocycles. The van der Waals surface area contributed by atoms with Crippen molar-refractivity contribution in [3.8, 4) is 0 Å². The number of nitro benzene ring substituents is 1. The third-order valence-corrected chi connectivity index (χ3v) is 2.06. The van der Waals surface area contributed by atoms with Crippen LogP contribution in [-0.2, 0) is 0 Å². The fourth-order valence-electron chi connectivity index (χ4n) is 1.25.